The molecule has 0 aromatic heterocycles. The number of sulfone groups is 1. The molecule has 0 bridgehead atoms. The van der Waals surface area contributed by atoms with Gasteiger partial charge >= 0.3 is 0 Å². The fourth-order valence-corrected chi connectivity index (χ4v) is 1.23. The highest BCUT2D eigenvalue weighted by molar-refractivity contribution is 7.92. The first kappa shape index (κ1) is 8.07. The third-order valence-corrected chi connectivity index (χ3v) is 2.23. The normalized spacial score (nSPS) is 11.4. The maximum atomic E-state index is 10.8. The Labute approximate surface area is 65.8 Å². The summed E-state index contributed by atoms with van der Waals surface area (Å²) >= 11 is 0. The number of anilines is 1. The van der Waals surface area contributed by atoms with Crippen molar-refractivity contribution in [1.82, 2.24) is 0 Å². The molecule has 0 aliphatic rings. The lowest BCUT2D eigenvalue weighted by Crippen LogP contribution is -1.94. The average Bonchev–Trinajstić information content (AvgIpc) is 1.86. The van der Waals surface area contributed by atoms with Crippen molar-refractivity contribution in [3.05, 3.63) is 30.5 Å². The minimum absolute atomic E-state index is 0.187. The molecule has 0 saturated carbocycles. The molecular formula is C7H8NO2S. The molecule has 0 unspecified atom stereocenters. The van der Waals surface area contributed by atoms with Crippen molar-refractivity contribution in [2.75, 3.05) is 5.73 Å². The van der Waals surface area contributed by atoms with Crippen LogP contribution in [0.1, 0.15) is 0 Å². The quantitative estimate of drug-likeness (QED) is 0.635. The van der Waals surface area contributed by atoms with Crippen molar-refractivity contribution in [3.63, 3.8) is 0 Å². The predicted molar refractivity (Wildman–Crippen MR) is 43.4 cm³/mol. The Bertz CT molecular complexity index is 339. The van der Waals surface area contributed by atoms with E-state index in [1.165, 1.54) is 24.3 Å². The van der Waals surface area contributed by atoms with Crippen LogP contribution in [-0.2, 0) is 9.84 Å². The SMILES string of the molecule is [CH2]S(=O)(=O)c1ccc(N)cc1. The first-order chi connectivity index (χ1) is 5.00. The number of nitrogens with two attached hydrogens (primary N) is 1. The molecule has 2 N–H and O–H groups in total. The van der Waals surface area contributed by atoms with E-state index in [9.17, 15) is 8.42 Å². The minimum Gasteiger partial charge on any atom is -0.399 e. The van der Waals surface area contributed by atoms with E-state index in [4.69, 9.17) is 5.73 Å². The van der Waals surface area contributed by atoms with Crippen LogP contribution >= 0.6 is 0 Å². The Balaban J connectivity index is 3.20. The summed E-state index contributed by atoms with van der Waals surface area (Å²) in [6, 6.07) is 5.91. The molecule has 0 aliphatic heterocycles. The summed E-state index contributed by atoms with van der Waals surface area (Å²) in [6.07, 6.45) is 3.00. The highest BCUT2D eigenvalue weighted by Crippen LogP contribution is 2.11. The molecule has 0 atom stereocenters. The van der Waals surface area contributed by atoms with E-state index in [1.807, 2.05) is 0 Å². The van der Waals surface area contributed by atoms with Crippen LogP contribution in [0.5, 0.6) is 0 Å². The van der Waals surface area contributed by atoms with Crippen LogP contribution < -0.4 is 5.73 Å². The zero-order chi connectivity index (χ0) is 8.48. The van der Waals surface area contributed by atoms with Crippen LogP contribution in [0.3, 0.4) is 0 Å². The lowest BCUT2D eigenvalue weighted by atomic mass is 10.3. The van der Waals surface area contributed by atoms with Crippen molar-refractivity contribution < 1.29 is 8.42 Å². The third-order valence-electron chi connectivity index (χ3n) is 1.24. The largest absolute Gasteiger partial charge is 0.399 e. The molecule has 1 radical (unpaired) electrons. The summed E-state index contributed by atoms with van der Waals surface area (Å²) in [5, 5.41) is 0. The van der Waals surface area contributed by atoms with Gasteiger partial charge in [-0.25, -0.2) is 8.42 Å². The predicted octanol–water partition coefficient (Wildman–Crippen LogP) is 0.834. The zero-order valence-corrected chi connectivity index (χ0v) is 6.64. The van der Waals surface area contributed by atoms with E-state index < -0.39 is 9.84 Å². The fourth-order valence-electron chi connectivity index (χ4n) is 0.675. The number of benzene rings is 1. The van der Waals surface area contributed by atoms with E-state index in [0.717, 1.165) is 0 Å². The van der Waals surface area contributed by atoms with Crippen LogP contribution in [0.2, 0.25) is 0 Å². The number of hydrogen-bond donors (Lipinski definition) is 1. The van der Waals surface area contributed by atoms with Crippen molar-refractivity contribution >= 4 is 15.5 Å². The molecule has 0 fully saturated rings. The standard InChI is InChI=1S/C7H8NO2S/c1-11(9,10)7-4-2-6(8)3-5-7/h2-5H,1,8H2. The van der Waals surface area contributed by atoms with Gasteiger partial charge in [0.25, 0.3) is 0 Å². The van der Waals surface area contributed by atoms with Crippen molar-refractivity contribution in [3.8, 4) is 0 Å². The molecule has 11 heavy (non-hydrogen) atoms. The number of hydrogen-bond acceptors (Lipinski definition) is 3. The number of nitrogen functional groups attached to an aromatic ring is 1. The molecule has 1 aromatic carbocycles. The smallest absolute Gasteiger partial charge is 0.179 e. The van der Waals surface area contributed by atoms with Crippen molar-refractivity contribution in [1.29, 1.82) is 0 Å². The van der Waals surface area contributed by atoms with Gasteiger partial charge in [0.2, 0.25) is 0 Å². The fraction of sp³-hybridized carbons (Fsp3) is 0. The van der Waals surface area contributed by atoms with Gasteiger partial charge in [0.1, 0.15) is 0 Å². The Morgan fingerprint density at radius 3 is 2.00 bits per heavy atom. The summed E-state index contributed by atoms with van der Waals surface area (Å²) in [7, 11) is -3.33. The van der Waals surface area contributed by atoms with Gasteiger partial charge < -0.3 is 5.73 Å². The first-order valence-electron chi connectivity index (χ1n) is 2.94. The zero-order valence-electron chi connectivity index (χ0n) is 5.82. The van der Waals surface area contributed by atoms with E-state index in [1.54, 1.807) is 0 Å². The van der Waals surface area contributed by atoms with Crippen LogP contribution in [0.4, 0.5) is 5.69 Å². The van der Waals surface area contributed by atoms with E-state index in [0.29, 0.717) is 5.69 Å². The van der Waals surface area contributed by atoms with E-state index in [2.05, 4.69) is 6.26 Å². The second kappa shape index (κ2) is 2.54. The van der Waals surface area contributed by atoms with Gasteiger partial charge in [-0.2, -0.15) is 0 Å². The van der Waals surface area contributed by atoms with Gasteiger partial charge in [0.15, 0.2) is 9.84 Å². The Kier molecular flexibility index (Phi) is 1.87. The van der Waals surface area contributed by atoms with Gasteiger partial charge in [0, 0.05) is 5.69 Å². The molecule has 3 nitrogen and oxygen atoms in total. The summed E-state index contributed by atoms with van der Waals surface area (Å²) < 4.78 is 21.6. The molecular weight excluding hydrogens is 162 g/mol. The highest BCUT2D eigenvalue weighted by Gasteiger charge is 2.04. The van der Waals surface area contributed by atoms with Gasteiger partial charge in [-0.15, -0.1) is 0 Å². The van der Waals surface area contributed by atoms with E-state index in [-0.39, 0.29) is 4.90 Å². The van der Waals surface area contributed by atoms with Crippen LogP contribution in [0.15, 0.2) is 29.2 Å². The topological polar surface area (TPSA) is 60.2 Å². The molecule has 59 valence electrons. The maximum absolute atomic E-state index is 10.8. The first-order valence-corrected chi connectivity index (χ1v) is 4.59. The summed E-state index contributed by atoms with van der Waals surface area (Å²) in [4.78, 5) is 0.187. The molecule has 1 rings (SSSR count). The molecule has 0 spiro atoms. The third kappa shape index (κ3) is 1.94. The van der Waals surface area contributed by atoms with Crippen LogP contribution in [0.25, 0.3) is 0 Å². The summed E-state index contributed by atoms with van der Waals surface area (Å²) in [5.41, 5.74) is 5.89. The molecule has 0 amide bonds. The van der Waals surface area contributed by atoms with E-state index >= 15 is 0 Å². The summed E-state index contributed by atoms with van der Waals surface area (Å²) in [5.74, 6) is 0. The Morgan fingerprint density at radius 1 is 1.18 bits per heavy atom. The van der Waals surface area contributed by atoms with Crippen molar-refractivity contribution in [2.45, 2.75) is 4.90 Å². The average molecular weight is 170 g/mol. The monoisotopic (exact) mass is 170 g/mol. The van der Waals surface area contributed by atoms with Crippen molar-refractivity contribution in [2.24, 2.45) is 0 Å². The maximum Gasteiger partial charge on any atom is 0.179 e. The second-order valence-corrected chi connectivity index (χ2v) is 3.88. The van der Waals surface area contributed by atoms with Gasteiger partial charge in [0.05, 0.1) is 11.2 Å². The highest BCUT2D eigenvalue weighted by atomic mass is 32.2. The molecule has 0 heterocycles. The Morgan fingerprint density at radius 2 is 1.64 bits per heavy atom. The summed E-state index contributed by atoms with van der Waals surface area (Å²) in [6.45, 7) is 0. The van der Waals surface area contributed by atoms with Gasteiger partial charge in [-0.3, -0.25) is 0 Å². The Hall–Kier alpha value is -1.03. The molecule has 0 aliphatic carbocycles. The van der Waals surface area contributed by atoms with Crippen LogP contribution in [-0.4, -0.2) is 8.42 Å². The molecule has 0 saturated heterocycles. The van der Waals surface area contributed by atoms with Gasteiger partial charge in [-0.05, 0) is 24.3 Å². The lowest BCUT2D eigenvalue weighted by Gasteiger charge is -1.96. The lowest BCUT2D eigenvalue weighted by molar-refractivity contribution is 0.604. The van der Waals surface area contributed by atoms with Crippen LogP contribution in [0, 0.1) is 6.26 Å². The molecule has 1 aromatic rings. The minimum atomic E-state index is -3.33. The van der Waals surface area contributed by atoms with Gasteiger partial charge in [-0.1, -0.05) is 0 Å². The molecule has 4 heteroatoms. The second-order valence-electron chi connectivity index (χ2n) is 2.18. The number of rotatable bonds is 1.